The van der Waals surface area contributed by atoms with Crippen molar-refractivity contribution >= 4 is 34.1 Å². The lowest BCUT2D eigenvalue weighted by atomic mass is 10.1. The van der Waals surface area contributed by atoms with Gasteiger partial charge in [-0.25, -0.2) is 0 Å². The quantitative estimate of drug-likeness (QED) is 0.434. The number of anilines is 1. The number of amides is 1. The molecule has 0 aliphatic carbocycles. The van der Waals surface area contributed by atoms with Crippen LogP contribution in [0, 0.1) is 6.92 Å². The fraction of sp³-hybridized carbons (Fsp3) is 0.200. The lowest BCUT2D eigenvalue weighted by Gasteiger charge is -2.37. The summed E-state index contributed by atoms with van der Waals surface area (Å²) in [6.07, 6.45) is 0. The topological polar surface area (TPSA) is 49.6 Å². The Kier molecular flexibility index (Phi) is 5.12. The zero-order chi connectivity index (χ0) is 21.4. The molecule has 5 rings (SSSR count). The van der Waals surface area contributed by atoms with Crippen LogP contribution in [-0.4, -0.2) is 42.1 Å². The summed E-state index contributed by atoms with van der Waals surface area (Å²) in [5.74, 6) is 0.719. The van der Waals surface area contributed by atoms with Crippen LogP contribution in [0.2, 0.25) is 5.02 Å². The Balaban J connectivity index is 1.35. The van der Waals surface area contributed by atoms with Gasteiger partial charge in [0.25, 0.3) is 5.91 Å². The molecule has 156 valence electrons. The van der Waals surface area contributed by atoms with Crippen LogP contribution in [0.5, 0.6) is 0 Å². The molecule has 3 aromatic carbocycles. The van der Waals surface area contributed by atoms with Crippen LogP contribution >= 0.6 is 11.6 Å². The lowest BCUT2D eigenvalue weighted by Crippen LogP contribution is -2.49. The van der Waals surface area contributed by atoms with Crippen molar-refractivity contribution < 1.29 is 9.32 Å². The van der Waals surface area contributed by atoms with Gasteiger partial charge >= 0.3 is 0 Å². The number of nitrogens with zero attached hydrogens (tertiary/aromatic N) is 3. The molecule has 5 nitrogen and oxygen atoms in total. The van der Waals surface area contributed by atoms with Crippen LogP contribution in [0.15, 0.2) is 71.3 Å². The number of carbonyl (C=O) groups is 1. The summed E-state index contributed by atoms with van der Waals surface area (Å²) in [6.45, 7) is 4.97. The molecule has 4 aromatic rings. The fourth-order valence-electron chi connectivity index (χ4n) is 4.13. The third-order valence-corrected chi connectivity index (χ3v) is 6.07. The van der Waals surface area contributed by atoms with Gasteiger partial charge in [-0.3, -0.25) is 4.79 Å². The Bertz CT molecular complexity index is 1240. The maximum absolute atomic E-state index is 13.2. The monoisotopic (exact) mass is 431 g/mol. The number of benzene rings is 3. The normalized spacial score (nSPS) is 14.3. The number of halogens is 1. The van der Waals surface area contributed by atoms with E-state index in [9.17, 15) is 4.79 Å². The third kappa shape index (κ3) is 3.77. The van der Waals surface area contributed by atoms with E-state index in [1.165, 1.54) is 5.56 Å². The summed E-state index contributed by atoms with van der Waals surface area (Å²) < 4.78 is 5.57. The van der Waals surface area contributed by atoms with Gasteiger partial charge in [0.2, 0.25) is 0 Å². The number of rotatable bonds is 3. The second-order valence-electron chi connectivity index (χ2n) is 7.82. The van der Waals surface area contributed by atoms with Crippen LogP contribution in [0.1, 0.15) is 15.9 Å². The van der Waals surface area contributed by atoms with Gasteiger partial charge in [0.05, 0.1) is 5.39 Å². The van der Waals surface area contributed by atoms with Crippen molar-refractivity contribution in [1.82, 2.24) is 10.1 Å². The molecule has 1 saturated heterocycles. The van der Waals surface area contributed by atoms with Gasteiger partial charge in [0.15, 0.2) is 5.76 Å². The standard InChI is InChI=1S/C25H22ClN3O2/c1-17-7-9-20(26)16-23(17)28-11-13-29(14-12-28)25(30)19-8-10-22-21(15-19)24(31-27-22)18-5-3-2-4-6-18/h2-10,15-16H,11-14H2,1H3. The van der Waals surface area contributed by atoms with Gasteiger partial charge in [0.1, 0.15) is 5.52 Å². The zero-order valence-electron chi connectivity index (χ0n) is 17.2. The van der Waals surface area contributed by atoms with Gasteiger partial charge in [-0.05, 0) is 42.8 Å². The van der Waals surface area contributed by atoms with Crippen LogP contribution in [0.25, 0.3) is 22.2 Å². The van der Waals surface area contributed by atoms with E-state index in [0.717, 1.165) is 40.3 Å². The summed E-state index contributed by atoms with van der Waals surface area (Å²) in [5, 5.41) is 5.73. The number of carbonyl (C=O) groups excluding carboxylic acids is 1. The molecule has 2 heterocycles. The summed E-state index contributed by atoms with van der Waals surface area (Å²) in [4.78, 5) is 17.4. The third-order valence-electron chi connectivity index (χ3n) is 5.84. The van der Waals surface area contributed by atoms with Crippen molar-refractivity contribution in [2.75, 3.05) is 31.1 Å². The van der Waals surface area contributed by atoms with E-state index in [4.69, 9.17) is 16.1 Å². The highest BCUT2D eigenvalue weighted by Gasteiger charge is 2.24. The van der Waals surface area contributed by atoms with Gasteiger partial charge in [0, 0.05) is 48.0 Å². The molecule has 0 N–H and O–H groups in total. The fourth-order valence-corrected chi connectivity index (χ4v) is 4.29. The van der Waals surface area contributed by atoms with Crippen molar-refractivity contribution in [2.24, 2.45) is 0 Å². The van der Waals surface area contributed by atoms with Crippen molar-refractivity contribution in [3.63, 3.8) is 0 Å². The van der Waals surface area contributed by atoms with E-state index in [-0.39, 0.29) is 5.91 Å². The SMILES string of the molecule is Cc1ccc(Cl)cc1N1CCN(C(=O)c2ccc3noc(-c4ccccc4)c3c2)CC1. The molecule has 1 aliphatic rings. The Morgan fingerprint density at radius 2 is 1.74 bits per heavy atom. The number of hydrogen-bond donors (Lipinski definition) is 0. The van der Waals surface area contributed by atoms with E-state index < -0.39 is 0 Å². The molecule has 1 fully saturated rings. The van der Waals surface area contributed by atoms with Gasteiger partial charge < -0.3 is 14.3 Å². The number of piperazine rings is 1. The first-order chi connectivity index (χ1) is 15.1. The molecule has 31 heavy (non-hydrogen) atoms. The molecule has 0 bridgehead atoms. The highest BCUT2D eigenvalue weighted by Crippen LogP contribution is 2.30. The maximum atomic E-state index is 13.2. The molecule has 6 heteroatoms. The Morgan fingerprint density at radius 3 is 2.52 bits per heavy atom. The maximum Gasteiger partial charge on any atom is 0.254 e. The zero-order valence-corrected chi connectivity index (χ0v) is 18.0. The van der Waals surface area contributed by atoms with Crippen LogP contribution in [0.4, 0.5) is 5.69 Å². The summed E-state index contributed by atoms with van der Waals surface area (Å²) in [5.41, 5.74) is 4.67. The summed E-state index contributed by atoms with van der Waals surface area (Å²) in [6, 6.07) is 21.3. The molecule has 1 amide bonds. The van der Waals surface area contributed by atoms with Crippen molar-refractivity contribution in [1.29, 1.82) is 0 Å². The average Bonchev–Trinajstić information content (AvgIpc) is 3.24. The van der Waals surface area contributed by atoms with Crippen molar-refractivity contribution in [2.45, 2.75) is 6.92 Å². The Morgan fingerprint density at radius 1 is 0.968 bits per heavy atom. The second-order valence-corrected chi connectivity index (χ2v) is 8.26. The van der Waals surface area contributed by atoms with Crippen molar-refractivity contribution in [3.05, 3.63) is 82.9 Å². The Labute approximate surface area is 185 Å². The number of hydrogen-bond acceptors (Lipinski definition) is 4. The predicted octanol–water partition coefficient (Wildman–Crippen LogP) is 5.42. The number of aryl methyl sites for hydroxylation is 1. The summed E-state index contributed by atoms with van der Waals surface area (Å²) >= 11 is 6.19. The highest BCUT2D eigenvalue weighted by molar-refractivity contribution is 6.30. The molecule has 1 aliphatic heterocycles. The van der Waals surface area contributed by atoms with E-state index in [2.05, 4.69) is 17.0 Å². The van der Waals surface area contributed by atoms with Gasteiger partial charge in [-0.2, -0.15) is 0 Å². The largest absolute Gasteiger partial charge is 0.368 e. The first-order valence-corrected chi connectivity index (χ1v) is 10.7. The van der Waals surface area contributed by atoms with E-state index in [1.807, 2.05) is 71.6 Å². The minimum Gasteiger partial charge on any atom is -0.368 e. The van der Waals surface area contributed by atoms with E-state index in [0.29, 0.717) is 24.4 Å². The lowest BCUT2D eigenvalue weighted by molar-refractivity contribution is 0.0747. The van der Waals surface area contributed by atoms with Crippen LogP contribution < -0.4 is 4.90 Å². The van der Waals surface area contributed by atoms with Crippen LogP contribution in [0.3, 0.4) is 0 Å². The predicted molar refractivity (Wildman–Crippen MR) is 124 cm³/mol. The molecule has 1 aromatic heterocycles. The number of fused-ring (bicyclic) bond motifs is 1. The second kappa shape index (κ2) is 8.08. The van der Waals surface area contributed by atoms with Gasteiger partial charge in [-0.15, -0.1) is 0 Å². The first kappa shape index (κ1) is 19.6. The molecule has 0 saturated carbocycles. The molecule has 0 atom stereocenters. The van der Waals surface area contributed by atoms with E-state index in [1.54, 1.807) is 0 Å². The summed E-state index contributed by atoms with van der Waals surface area (Å²) in [7, 11) is 0. The molecule has 0 unspecified atom stereocenters. The first-order valence-electron chi connectivity index (χ1n) is 10.4. The van der Waals surface area contributed by atoms with Gasteiger partial charge in [-0.1, -0.05) is 53.2 Å². The number of aromatic nitrogens is 1. The molecule has 0 spiro atoms. The molecular weight excluding hydrogens is 410 g/mol. The molecule has 0 radical (unpaired) electrons. The average molecular weight is 432 g/mol. The molecular formula is C25H22ClN3O2. The Hall–Kier alpha value is -3.31. The highest BCUT2D eigenvalue weighted by atomic mass is 35.5. The van der Waals surface area contributed by atoms with E-state index >= 15 is 0 Å². The minimum atomic E-state index is 0.0320. The minimum absolute atomic E-state index is 0.0320. The van der Waals surface area contributed by atoms with Crippen LogP contribution in [-0.2, 0) is 0 Å². The van der Waals surface area contributed by atoms with Crippen molar-refractivity contribution in [3.8, 4) is 11.3 Å². The smallest absolute Gasteiger partial charge is 0.254 e.